The quantitative estimate of drug-likeness (QED) is 0.557. The Labute approximate surface area is 123 Å². The van der Waals surface area contributed by atoms with Crippen LogP contribution in [0.4, 0.5) is 17.6 Å². The number of nitrogens with one attached hydrogen (secondary N) is 1. The van der Waals surface area contributed by atoms with Gasteiger partial charge in [0.15, 0.2) is 0 Å². The number of amides is 1. The number of Topliss-reactive ketones (excluding diaryl/α,β-unsaturated/α-hetero) is 1. The maximum Gasteiger partial charge on any atom is 0.383 e. The van der Waals surface area contributed by atoms with Crippen molar-refractivity contribution in [2.75, 3.05) is 5.33 Å². The molecule has 0 aromatic heterocycles. The summed E-state index contributed by atoms with van der Waals surface area (Å²) in [6.07, 6.45) is -4.05. The molecule has 0 aliphatic carbocycles. The molecule has 8 heteroatoms. The van der Waals surface area contributed by atoms with Crippen molar-refractivity contribution in [3.8, 4) is 0 Å². The van der Waals surface area contributed by atoms with E-state index in [9.17, 15) is 27.2 Å². The maximum atomic E-state index is 12.9. The van der Waals surface area contributed by atoms with Crippen molar-refractivity contribution in [1.29, 1.82) is 0 Å². The molecule has 0 rings (SSSR count). The zero-order chi connectivity index (χ0) is 16.1. The van der Waals surface area contributed by atoms with Crippen LogP contribution in [0.2, 0.25) is 0 Å². The van der Waals surface area contributed by atoms with Crippen LogP contribution in [0.5, 0.6) is 0 Å². The summed E-state index contributed by atoms with van der Waals surface area (Å²) in [5, 5.41) is 1.86. The van der Waals surface area contributed by atoms with E-state index in [0.717, 1.165) is 0 Å². The van der Waals surface area contributed by atoms with E-state index in [2.05, 4.69) is 15.9 Å². The highest BCUT2D eigenvalue weighted by atomic mass is 79.9. The lowest BCUT2D eigenvalue weighted by Crippen LogP contribution is -2.50. The van der Waals surface area contributed by atoms with Crippen LogP contribution in [-0.2, 0) is 9.59 Å². The molecule has 20 heavy (non-hydrogen) atoms. The third-order valence-corrected chi connectivity index (χ3v) is 3.02. The summed E-state index contributed by atoms with van der Waals surface area (Å²) in [5.41, 5.74) is -0.356. The maximum absolute atomic E-state index is 12.9. The highest BCUT2D eigenvalue weighted by Gasteiger charge is 2.49. The molecule has 1 N–H and O–H groups in total. The molecule has 0 saturated carbocycles. The van der Waals surface area contributed by atoms with Crippen LogP contribution in [0, 0.1) is 5.41 Å². The zero-order valence-electron chi connectivity index (χ0n) is 11.5. The summed E-state index contributed by atoms with van der Waals surface area (Å²) in [6, 6.07) is -0.905. The standard InChI is InChI=1S/C12H18BrF4NO2/c1-11(2,3)5-7(4-8(19)6-13)18-10(20)12(16,17)9(14)15/h7,9H,4-6H2,1-3H3,(H,18,20). The van der Waals surface area contributed by atoms with E-state index in [1.165, 1.54) is 0 Å². The third-order valence-electron chi connectivity index (χ3n) is 2.39. The van der Waals surface area contributed by atoms with Crippen molar-refractivity contribution >= 4 is 27.6 Å². The largest absolute Gasteiger partial charge is 0.383 e. The van der Waals surface area contributed by atoms with E-state index in [1.54, 1.807) is 20.8 Å². The summed E-state index contributed by atoms with van der Waals surface area (Å²) in [7, 11) is 0. The minimum absolute atomic E-state index is 0.00868. The molecule has 0 saturated heterocycles. The average molecular weight is 364 g/mol. The van der Waals surface area contributed by atoms with Gasteiger partial charge in [-0.2, -0.15) is 8.78 Å². The second-order valence-corrected chi connectivity index (χ2v) is 6.30. The fourth-order valence-electron chi connectivity index (χ4n) is 1.62. The van der Waals surface area contributed by atoms with Gasteiger partial charge in [-0.1, -0.05) is 36.7 Å². The van der Waals surface area contributed by atoms with Crippen molar-refractivity contribution in [2.45, 2.75) is 52.0 Å². The summed E-state index contributed by atoms with van der Waals surface area (Å²) in [4.78, 5) is 22.5. The Kier molecular flexibility index (Phi) is 7.13. The molecule has 0 aromatic carbocycles. The van der Waals surface area contributed by atoms with Crippen molar-refractivity contribution in [2.24, 2.45) is 5.41 Å². The molecule has 1 amide bonds. The second-order valence-electron chi connectivity index (χ2n) is 5.74. The van der Waals surface area contributed by atoms with Gasteiger partial charge in [-0.05, 0) is 11.8 Å². The van der Waals surface area contributed by atoms with Gasteiger partial charge in [0.2, 0.25) is 0 Å². The third kappa shape index (κ3) is 6.67. The number of ketones is 1. The van der Waals surface area contributed by atoms with Gasteiger partial charge in [0.25, 0.3) is 5.91 Å². The lowest BCUT2D eigenvalue weighted by atomic mass is 9.86. The SMILES string of the molecule is CC(C)(C)CC(CC(=O)CBr)NC(=O)C(F)(F)C(F)F. The lowest BCUT2D eigenvalue weighted by molar-refractivity contribution is -0.170. The highest BCUT2D eigenvalue weighted by molar-refractivity contribution is 9.09. The topological polar surface area (TPSA) is 46.2 Å². The van der Waals surface area contributed by atoms with Crippen LogP contribution < -0.4 is 5.32 Å². The van der Waals surface area contributed by atoms with E-state index in [0.29, 0.717) is 0 Å². The summed E-state index contributed by atoms with van der Waals surface area (Å²) in [6.45, 7) is 5.36. The Morgan fingerprint density at radius 3 is 2.05 bits per heavy atom. The minimum Gasteiger partial charge on any atom is -0.347 e. The molecule has 0 aromatic rings. The van der Waals surface area contributed by atoms with Crippen LogP contribution in [0.1, 0.15) is 33.6 Å². The van der Waals surface area contributed by atoms with E-state index >= 15 is 0 Å². The first kappa shape index (κ1) is 19.3. The number of rotatable bonds is 7. The van der Waals surface area contributed by atoms with Crippen LogP contribution in [0.15, 0.2) is 0 Å². The van der Waals surface area contributed by atoms with E-state index < -0.39 is 24.3 Å². The first-order valence-electron chi connectivity index (χ1n) is 5.94. The van der Waals surface area contributed by atoms with Gasteiger partial charge in [0.05, 0.1) is 5.33 Å². The predicted molar refractivity (Wildman–Crippen MR) is 70.4 cm³/mol. The monoisotopic (exact) mass is 363 g/mol. The molecule has 0 spiro atoms. The van der Waals surface area contributed by atoms with Gasteiger partial charge in [-0.15, -0.1) is 0 Å². The molecule has 118 valence electrons. The Morgan fingerprint density at radius 1 is 1.20 bits per heavy atom. The van der Waals surface area contributed by atoms with Crippen LogP contribution in [-0.4, -0.2) is 35.4 Å². The predicted octanol–water partition coefficient (Wildman–Crippen LogP) is 3.16. The van der Waals surface area contributed by atoms with Gasteiger partial charge < -0.3 is 5.32 Å². The molecular weight excluding hydrogens is 346 g/mol. The first-order chi connectivity index (χ1) is 8.90. The number of hydrogen-bond donors (Lipinski definition) is 1. The Bertz CT molecular complexity index is 356. The van der Waals surface area contributed by atoms with Crippen LogP contribution >= 0.6 is 15.9 Å². The molecular formula is C12H18BrF4NO2. The molecule has 1 unspecified atom stereocenters. The fraction of sp³-hybridized carbons (Fsp3) is 0.833. The highest BCUT2D eigenvalue weighted by Crippen LogP contribution is 2.26. The summed E-state index contributed by atoms with van der Waals surface area (Å²) >= 11 is 2.92. The van der Waals surface area contributed by atoms with Gasteiger partial charge >= 0.3 is 12.3 Å². The van der Waals surface area contributed by atoms with Gasteiger partial charge in [-0.3, -0.25) is 9.59 Å². The fourth-order valence-corrected chi connectivity index (χ4v) is 1.85. The number of halogens is 5. The van der Waals surface area contributed by atoms with Gasteiger partial charge in [-0.25, -0.2) is 8.78 Å². The minimum atomic E-state index is -4.76. The second kappa shape index (κ2) is 7.38. The average Bonchev–Trinajstić information content (AvgIpc) is 2.25. The van der Waals surface area contributed by atoms with Crippen LogP contribution in [0.25, 0.3) is 0 Å². The van der Waals surface area contributed by atoms with E-state index in [4.69, 9.17) is 0 Å². The Balaban J connectivity index is 4.89. The van der Waals surface area contributed by atoms with Crippen molar-refractivity contribution < 1.29 is 27.2 Å². The van der Waals surface area contributed by atoms with E-state index in [1.807, 2.05) is 5.32 Å². The van der Waals surface area contributed by atoms with Crippen molar-refractivity contribution in [3.05, 3.63) is 0 Å². The smallest absolute Gasteiger partial charge is 0.347 e. The van der Waals surface area contributed by atoms with E-state index in [-0.39, 0.29) is 29.4 Å². The van der Waals surface area contributed by atoms with Crippen molar-refractivity contribution in [1.82, 2.24) is 5.32 Å². The zero-order valence-corrected chi connectivity index (χ0v) is 13.1. The van der Waals surface area contributed by atoms with Crippen molar-refractivity contribution in [3.63, 3.8) is 0 Å². The number of carbonyl (C=O) groups excluding carboxylic acids is 2. The number of alkyl halides is 5. The summed E-state index contributed by atoms with van der Waals surface area (Å²) < 4.78 is 50.0. The lowest BCUT2D eigenvalue weighted by Gasteiger charge is -2.27. The Morgan fingerprint density at radius 2 is 1.70 bits per heavy atom. The van der Waals surface area contributed by atoms with Gasteiger partial charge in [0.1, 0.15) is 5.78 Å². The normalized spacial score (nSPS) is 14.2. The molecule has 0 aliphatic heterocycles. The number of carbonyl (C=O) groups is 2. The van der Waals surface area contributed by atoms with Crippen LogP contribution in [0.3, 0.4) is 0 Å². The number of hydrogen-bond acceptors (Lipinski definition) is 2. The first-order valence-corrected chi connectivity index (χ1v) is 7.07. The molecule has 0 radical (unpaired) electrons. The molecule has 0 fully saturated rings. The molecule has 0 aliphatic rings. The molecule has 0 heterocycles. The molecule has 3 nitrogen and oxygen atoms in total. The molecule has 0 bridgehead atoms. The Hall–Kier alpha value is -0.660. The van der Waals surface area contributed by atoms with Gasteiger partial charge in [0, 0.05) is 12.5 Å². The molecule has 1 atom stereocenters. The summed E-state index contributed by atoms with van der Waals surface area (Å²) in [5.74, 6) is -7.11.